The molecule has 1 unspecified atom stereocenters. The second-order valence-electron chi connectivity index (χ2n) is 2.79. The highest BCUT2D eigenvalue weighted by Gasteiger charge is 2.13. The fraction of sp³-hybridized carbons (Fsp3) is 0.750. The van der Waals surface area contributed by atoms with E-state index in [1.54, 1.807) is 0 Å². The van der Waals surface area contributed by atoms with Crippen LogP contribution in [0.2, 0.25) is 0 Å². The third-order valence-corrected chi connectivity index (χ3v) is 3.91. The fourth-order valence-electron chi connectivity index (χ4n) is 0.837. The summed E-state index contributed by atoms with van der Waals surface area (Å²) >= 11 is 0. The molecule has 0 amide bonds. The van der Waals surface area contributed by atoms with Crippen LogP contribution in [-0.2, 0) is 4.74 Å². The zero-order chi connectivity index (χ0) is 8.10. The zero-order valence-corrected chi connectivity index (χ0v) is 8.47. The SMILES string of the molecule is C=C(C)COC1CCSSC1. The molecule has 1 aliphatic rings. The quantitative estimate of drug-likeness (QED) is 0.500. The Morgan fingerprint density at radius 3 is 3.00 bits per heavy atom. The smallest absolute Gasteiger partial charge is 0.0686 e. The third-order valence-electron chi connectivity index (χ3n) is 1.43. The number of ether oxygens (including phenoxy) is 1. The van der Waals surface area contributed by atoms with Gasteiger partial charge in [0.25, 0.3) is 0 Å². The van der Waals surface area contributed by atoms with E-state index >= 15 is 0 Å². The Morgan fingerprint density at radius 2 is 2.45 bits per heavy atom. The molecule has 0 N–H and O–H groups in total. The average molecular weight is 190 g/mol. The van der Waals surface area contributed by atoms with Crippen molar-refractivity contribution in [3.63, 3.8) is 0 Å². The van der Waals surface area contributed by atoms with Gasteiger partial charge < -0.3 is 4.74 Å². The number of hydrogen-bond acceptors (Lipinski definition) is 3. The van der Waals surface area contributed by atoms with Crippen molar-refractivity contribution in [3.8, 4) is 0 Å². The Morgan fingerprint density at radius 1 is 1.64 bits per heavy atom. The molecule has 0 aliphatic carbocycles. The molecule has 0 saturated carbocycles. The minimum atomic E-state index is 0.470. The molecule has 3 heteroatoms. The highest BCUT2D eigenvalue weighted by molar-refractivity contribution is 8.76. The van der Waals surface area contributed by atoms with E-state index in [1.807, 2.05) is 28.5 Å². The van der Waals surface area contributed by atoms with E-state index in [1.165, 1.54) is 12.2 Å². The standard InChI is InChI=1S/C8H14OS2/c1-7(2)5-9-8-3-4-10-11-6-8/h8H,1,3-6H2,2H3. The van der Waals surface area contributed by atoms with Gasteiger partial charge in [0.05, 0.1) is 12.7 Å². The van der Waals surface area contributed by atoms with Gasteiger partial charge in [0.2, 0.25) is 0 Å². The van der Waals surface area contributed by atoms with Crippen LogP contribution in [0.4, 0.5) is 0 Å². The maximum atomic E-state index is 5.61. The first-order valence-corrected chi connectivity index (χ1v) is 6.28. The van der Waals surface area contributed by atoms with Gasteiger partial charge in [0.1, 0.15) is 0 Å². The summed E-state index contributed by atoms with van der Waals surface area (Å²) in [6.45, 7) is 6.54. The highest BCUT2D eigenvalue weighted by Crippen LogP contribution is 2.30. The van der Waals surface area contributed by atoms with Crippen LogP contribution in [0.15, 0.2) is 12.2 Å². The molecule has 0 spiro atoms. The monoisotopic (exact) mass is 190 g/mol. The average Bonchev–Trinajstić information content (AvgIpc) is 2.03. The number of hydrogen-bond donors (Lipinski definition) is 0. The van der Waals surface area contributed by atoms with Crippen LogP contribution in [-0.4, -0.2) is 24.2 Å². The maximum Gasteiger partial charge on any atom is 0.0686 e. The van der Waals surface area contributed by atoms with E-state index < -0.39 is 0 Å². The second-order valence-corrected chi connectivity index (χ2v) is 5.41. The van der Waals surface area contributed by atoms with Crippen LogP contribution in [0.1, 0.15) is 13.3 Å². The normalized spacial score (nSPS) is 25.0. The van der Waals surface area contributed by atoms with E-state index in [2.05, 4.69) is 6.58 Å². The first-order chi connectivity index (χ1) is 5.29. The van der Waals surface area contributed by atoms with Crippen LogP contribution in [0, 0.1) is 0 Å². The summed E-state index contributed by atoms with van der Waals surface area (Å²) in [7, 11) is 3.86. The first kappa shape index (κ1) is 9.49. The molecule has 1 saturated heterocycles. The molecule has 0 aromatic heterocycles. The van der Waals surface area contributed by atoms with Gasteiger partial charge in [0, 0.05) is 11.5 Å². The first-order valence-electron chi connectivity index (χ1n) is 3.79. The lowest BCUT2D eigenvalue weighted by Crippen LogP contribution is -2.20. The Bertz CT molecular complexity index is 130. The minimum absolute atomic E-state index is 0.470. The molecule has 1 aliphatic heterocycles. The molecule has 1 fully saturated rings. The predicted octanol–water partition coefficient (Wildman–Crippen LogP) is 2.73. The Labute approximate surface area is 76.4 Å². The van der Waals surface area contributed by atoms with E-state index in [0.29, 0.717) is 6.10 Å². The molecule has 11 heavy (non-hydrogen) atoms. The van der Waals surface area contributed by atoms with Crippen molar-refractivity contribution in [2.45, 2.75) is 19.4 Å². The lowest BCUT2D eigenvalue weighted by molar-refractivity contribution is 0.0850. The molecule has 1 rings (SSSR count). The molecular weight excluding hydrogens is 176 g/mol. The Kier molecular flexibility index (Phi) is 4.41. The summed E-state index contributed by atoms with van der Waals surface area (Å²) in [4.78, 5) is 0. The molecule has 64 valence electrons. The van der Waals surface area contributed by atoms with Gasteiger partial charge in [-0.1, -0.05) is 33.7 Å². The second kappa shape index (κ2) is 5.12. The van der Waals surface area contributed by atoms with Crippen molar-refractivity contribution < 1.29 is 4.74 Å². The molecule has 1 nitrogen and oxygen atoms in total. The van der Waals surface area contributed by atoms with Gasteiger partial charge in [-0.2, -0.15) is 0 Å². The van der Waals surface area contributed by atoms with Gasteiger partial charge in [0.15, 0.2) is 0 Å². The van der Waals surface area contributed by atoms with Crippen molar-refractivity contribution in [2.24, 2.45) is 0 Å². The van der Waals surface area contributed by atoms with Crippen molar-refractivity contribution in [1.29, 1.82) is 0 Å². The molecule has 1 heterocycles. The molecule has 1 atom stereocenters. The summed E-state index contributed by atoms with van der Waals surface area (Å²) in [5.41, 5.74) is 1.12. The molecular formula is C8H14OS2. The lowest BCUT2D eigenvalue weighted by Gasteiger charge is -2.20. The topological polar surface area (TPSA) is 9.23 Å². The summed E-state index contributed by atoms with van der Waals surface area (Å²) in [6, 6.07) is 0. The van der Waals surface area contributed by atoms with E-state index in [9.17, 15) is 0 Å². The summed E-state index contributed by atoms with van der Waals surface area (Å²) in [5, 5.41) is 0. The van der Waals surface area contributed by atoms with Crippen LogP contribution in [0.3, 0.4) is 0 Å². The van der Waals surface area contributed by atoms with Crippen LogP contribution in [0.25, 0.3) is 0 Å². The Hall–Kier alpha value is 0.400. The molecule has 0 aromatic carbocycles. The maximum absolute atomic E-state index is 5.61. The zero-order valence-electron chi connectivity index (χ0n) is 6.84. The van der Waals surface area contributed by atoms with Crippen molar-refractivity contribution >= 4 is 21.6 Å². The van der Waals surface area contributed by atoms with Crippen LogP contribution >= 0.6 is 21.6 Å². The summed E-state index contributed by atoms with van der Waals surface area (Å²) in [5.74, 6) is 2.36. The van der Waals surface area contributed by atoms with Gasteiger partial charge in [-0.25, -0.2) is 0 Å². The van der Waals surface area contributed by atoms with Crippen LogP contribution in [0.5, 0.6) is 0 Å². The molecule has 0 bridgehead atoms. The predicted molar refractivity (Wildman–Crippen MR) is 54.1 cm³/mol. The van der Waals surface area contributed by atoms with Crippen molar-refractivity contribution in [2.75, 3.05) is 18.1 Å². The molecule has 0 radical (unpaired) electrons. The van der Waals surface area contributed by atoms with E-state index in [0.717, 1.165) is 17.9 Å². The van der Waals surface area contributed by atoms with Gasteiger partial charge >= 0.3 is 0 Å². The van der Waals surface area contributed by atoms with Crippen molar-refractivity contribution in [1.82, 2.24) is 0 Å². The highest BCUT2D eigenvalue weighted by atomic mass is 33.1. The third kappa shape index (κ3) is 4.09. The van der Waals surface area contributed by atoms with Crippen molar-refractivity contribution in [3.05, 3.63) is 12.2 Å². The van der Waals surface area contributed by atoms with Gasteiger partial charge in [-0.05, 0) is 13.3 Å². The molecule has 0 aromatic rings. The van der Waals surface area contributed by atoms with E-state index in [4.69, 9.17) is 4.74 Å². The summed E-state index contributed by atoms with van der Waals surface area (Å²) in [6.07, 6.45) is 1.67. The fourth-order valence-corrected chi connectivity index (χ4v) is 3.21. The Balaban J connectivity index is 2.09. The van der Waals surface area contributed by atoms with Gasteiger partial charge in [-0.15, -0.1) is 0 Å². The largest absolute Gasteiger partial charge is 0.373 e. The minimum Gasteiger partial charge on any atom is -0.373 e. The lowest BCUT2D eigenvalue weighted by atomic mass is 10.3. The van der Waals surface area contributed by atoms with Gasteiger partial charge in [-0.3, -0.25) is 0 Å². The van der Waals surface area contributed by atoms with Crippen LogP contribution < -0.4 is 0 Å². The summed E-state index contributed by atoms with van der Waals surface area (Å²) < 4.78 is 5.61. The van der Waals surface area contributed by atoms with E-state index in [-0.39, 0.29) is 0 Å². The number of rotatable bonds is 3.